The molecule has 0 unspecified atom stereocenters. The number of aldehydes is 1. The first-order valence-corrected chi connectivity index (χ1v) is 12.8. The third-order valence-corrected chi connectivity index (χ3v) is 7.21. The third kappa shape index (κ3) is 5.04. The quantitative estimate of drug-likeness (QED) is 0.308. The molecule has 200 valence electrons. The van der Waals surface area contributed by atoms with E-state index in [0.29, 0.717) is 39.6 Å². The van der Waals surface area contributed by atoms with Crippen LogP contribution >= 0.6 is 0 Å². The lowest BCUT2D eigenvalue weighted by atomic mass is 9.87. The van der Waals surface area contributed by atoms with Crippen LogP contribution in [0.4, 0.5) is 8.78 Å². The molecule has 2 aromatic heterocycles. The highest BCUT2D eigenvalue weighted by Crippen LogP contribution is 2.39. The van der Waals surface area contributed by atoms with Gasteiger partial charge in [0, 0.05) is 24.7 Å². The molecule has 2 aliphatic rings. The van der Waals surface area contributed by atoms with Crippen molar-refractivity contribution in [1.29, 1.82) is 0 Å². The Labute approximate surface area is 219 Å². The predicted octanol–water partition coefficient (Wildman–Crippen LogP) is 1.84. The van der Waals surface area contributed by atoms with Crippen molar-refractivity contribution in [2.45, 2.75) is 38.2 Å². The number of ether oxygens (including phenoxy) is 2. The van der Waals surface area contributed by atoms with Gasteiger partial charge >= 0.3 is 0 Å². The highest BCUT2D eigenvalue weighted by Gasteiger charge is 2.32. The number of benzene rings is 1. The van der Waals surface area contributed by atoms with Crippen LogP contribution in [0.25, 0.3) is 22.8 Å². The Bertz CT molecular complexity index is 1490. The number of nitrogens with zero attached hydrogens (tertiary/aromatic N) is 2. The van der Waals surface area contributed by atoms with Gasteiger partial charge in [-0.05, 0) is 50.4 Å². The fourth-order valence-electron chi connectivity index (χ4n) is 5.25. The molecule has 0 spiro atoms. The average molecular weight is 524 g/mol. The fourth-order valence-corrected chi connectivity index (χ4v) is 5.25. The first-order valence-electron chi connectivity index (χ1n) is 12.8. The Balaban J connectivity index is 1.58. The van der Waals surface area contributed by atoms with Crippen molar-refractivity contribution in [1.82, 2.24) is 25.2 Å². The van der Waals surface area contributed by atoms with Gasteiger partial charge in [0.15, 0.2) is 12.0 Å². The average Bonchev–Trinajstić information content (AvgIpc) is 3.48. The minimum absolute atomic E-state index is 0.161. The fraction of sp³-hybridized carbons (Fsp3) is 0.429. The van der Waals surface area contributed by atoms with Crippen LogP contribution in [0.3, 0.4) is 0 Å². The topological polar surface area (TPSA) is 95.3 Å². The maximum atomic E-state index is 13.2. The highest BCUT2D eigenvalue weighted by atomic mass is 19.3. The summed E-state index contributed by atoms with van der Waals surface area (Å²) in [7, 11) is 1.76. The summed E-state index contributed by atoms with van der Waals surface area (Å²) in [6.45, 7) is 4.39. The van der Waals surface area contributed by atoms with E-state index in [9.17, 15) is 13.6 Å². The first kappa shape index (κ1) is 25.9. The van der Waals surface area contributed by atoms with E-state index in [4.69, 9.17) is 14.5 Å². The summed E-state index contributed by atoms with van der Waals surface area (Å²) in [5.74, 6) is 6.73. The molecule has 2 saturated heterocycles. The summed E-state index contributed by atoms with van der Waals surface area (Å²) < 4.78 is 37.5. The number of rotatable bonds is 8. The molecule has 0 aliphatic carbocycles. The molecule has 0 atom stereocenters. The van der Waals surface area contributed by atoms with Crippen molar-refractivity contribution < 1.29 is 23.0 Å². The normalized spacial score (nSPS) is 18.3. The van der Waals surface area contributed by atoms with Gasteiger partial charge in [0.05, 0.1) is 41.3 Å². The van der Waals surface area contributed by atoms with Crippen LogP contribution in [-0.2, 0) is 9.53 Å². The van der Waals surface area contributed by atoms with Crippen LogP contribution in [0.15, 0.2) is 18.3 Å². The van der Waals surface area contributed by atoms with Gasteiger partial charge < -0.3 is 24.8 Å². The number of halogens is 2. The summed E-state index contributed by atoms with van der Waals surface area (Å²) in [5.41, 5.74) is 2.94. The molecule has 0 radical (unpaired) electrons. The van der Waals surface area contributed by atoms with Crippen molar-refractivity contribution in [2.75, 3.05) is 40.0 Å². The predicted molar refractivity (Wildman–Crippen MR) is 140 cm³/mol. The zero-order valence-corrected chi connectivity index (χ0v) is 21.4. The van der Waals surface area contributed by atoms with Crippen molar-refractivity contribution in [3.63, 3.8) is 0 Å². The molecule has 8 nitrogen and oxygen atoms in total. The van der Waals surface area contributed by atoms with E-state index in [1.54, 1.807) is 26.4 Å². The molecule has 0 amide bonds. The monoisotopic (exact) mass is 523 g/mol. The van der Waals surface area contributed by atoms with Crippen LogP contribution in [0.1, 0.15) is 42.6 Å². The Morgan fingerprint density at radius 2 is 2.13 bits per heavy atom. The summed E-state index contributed by atoms with van der Waals surface area (Å²) >= 11 is 0. The van der Waals surface area contributed by atoms with Crippen LogP contribution in [0, 0.1) is 11.8 Å². The second-order valence-corrected chi connectivity index (χ2v) is 9.50. The number of carbonyl (C=O) groups excluding carboxylic acids is 1. The lowest BCUT2D eigenvalue weighted by Crippen LogP contribution is -2.51. The van der Waals surface area contributed by atoms with Gasteiger partial charge in [0.2, 0.25) is 0 Å². The largest absolute Gasteiger partial charge is 0.485 e. The lowest BCUT2D eigenvalue weighted by molar-refractivity contribution is -0.103. The molecule has 3 aromatic rings. The van der Waals surface area contributed by atoms with Gasteiger partial charge in [-0.1, -0.05) is 12.0 Å². The number of H-pyrrole nitrogens is 2. The molecule has 2 fully saturated rings. The number of piperidine rings is 1. The number of imidazole rings is 1. The van der Waals surface area contributed by atoms with Crippen LogP contribution < -0.4 is 20.6 Å². The van der Waals surface area contributed by atoms with Crippen LogP contribution in [0.2, 0.25) is 0 Å². The van der Waals surface area contributed by atoms with Gasteiger partial charge in [0.25, 0.3) is 6.43 Å². The lowest BCUT2D eigenvalue weighted by Gasteiger charge is -2.41. The van der Waals surface area contributed by atoms with E-state index in [2.05, 4.69) is 32.0 Å². The van der Waals surface area contributed by atoms with Crippen molar-refractivity contribution >= 4 is 29.1 Å². The second kappa shape index (κ2) is 11.4. The summed E-state index contributed by atoms with van der Waals surface area (Å²) in [4.78, 5) is 25.8. The molecule has 1 aromatic carbocycles. The number of carbonyl (C=O) groups is 1. The minimum Gasteiger partial charge on any atom is -0.485 e. The molecule has 0 saturated carbocycles. The second-order valence-electron chi connectivity index (χ2n) is 9.50. The molecule has 4 heterocycles. The first-order chi connectivity index (χ1) is 18.5. The van der Waals surface area contributed by atoms with Crippen molar-refractivity contribution in [2.24, 2.45) is 0 Å². The van der Waals surface area contributed by atoms with Gasteiger partial charge in [-0.3, -0.25) is 9.69 Å². The SMILES string of the molecule is CC#Cc1c[nH]c(=C(/C=O)c2nc3c(OCC(F)F)c(C4CCN(C5COC5)CC4)ccc3[nH]2)/c1=C\NC. The number of aromatic nitrogens is 3. The third-order valence-electron chi connectivity index (χ3n) is 7.21. The zero-order valence-electron chi connectivity index (χ0n) is 21.4. The molecule has 5 rings (SSSR count). The summed E-state index contributed by atoms with van der Waals surface area (Å²) in [5, 5.41) is 4.26. The van der Waals surface area contributed by atoms with Crippen molar-refractivity contribution in [3.8, 4) is 17.6 Å². The highest BCUT2D eigenvalue weighted by molar-refractivity contribution is 6.05. The number of likely N-dealkylation sites (tertiary alicyclic amines) is 1. The van der Waals surface area contributed by atoms with Crippen molar-refractivity contribution in [3.05, 3.63) is 45.8 Å². The number of aromatic amines is 2. The number of nitrogens with one attached hydrogen (secondary N) is 3. The molecule has 10 heteroatoms. The maximum absolute atomic E-state index is 13.2. The van der Waals surface area contributed by atoms with E-state index < -0.39 is 13.0 Å². The number of alkyl halides is 2. The van der Waals surface area contributed by atoms with E-state index in [1.807, 2.05) is 12.1 Å². The smallest absolute Gasteiger partial charge is 0.272 e. The Hall–Kier alpha value is -3.68. The summed E-state index contributed by atoms with van der Waals surface area (Å²) in [6.07, 6.45) is 3.38. The maximum Gasteiger partial charge on any atom is 0.272 e. The molecular formula is C28H31F2N5O3. The number of hydrogen-bond donors (Lipinski definition) is 3. The standard InChI is InChI=1S/C28H31F2N5O3/c1-3-4-18-11-32-25(21(18)12-31-2)22(13-36)28-33-23-6-5-20(27(26(23)34-28)38-16-24(29)30)17-7-9-35(10-8-17)19-14-37-15-19/h5-6,11-13,17,19,24,31-32H,7-10,14-16H2,1-2H3,(H,33,34)/b21-12-,25-22-. The number of hydrogen-bond acceptors (Lipinski definition) is 6. The Morgan fingerprint density at radius 3 is 2.76 bits per heavy atom. The summed E-state index contributed by atoms with van der Waals surface area (Å²) in [6, 6.07) is 4.29. The Morgan fingerprint density at radius 1 is 1.34 bits per heavy atom. The molecule has 2 aliphatic heterocycles. The minimum atomic E-state index is -2.62. The van der Waals surface area contributed by atoms with Crippen LogP contribution in [-0.4, -0.2) is 78.6 Å². The van der Waals surface area contributed by atoms with E-state index in [-0.39, 0.29) is 5.92 Å². The molecule has 3 N–H and O–H groups in total. The van der Waals surface area contributed by atoms with E-state index in [0.717, 1.165) is 61.8 Å². The molecular weight excluding hydrogens is 492 g/mol. The van der Waals surface area contributed by atoms with Gasteiger partial charge in [-0.2, -0.15) is 0 Å². The Kier molecular flexibility index (Phi) is 7.77. The number of fused-ring (bicyclic) bond motifs is 1. The van der Waals surface area contributed by atoms with Gasteiger partial charge in [-0.15, -0.1) is 5.92 Å². The van der Waals surface area contributed by atoms with Gasteiger partial charge in [0.1, 0.15) is 17.9 Å². The molecule has 0 bridgehead atoms. The van der Waals surface area contributed by atoms with Crippen LogP contribution in [0.5, 0.6) is 5.75 Å². The van der Waals surface area contributed by atoms with E-state index >= 15 is 0 Å². The van der Waals surface area contributed by atoms with Gasteiger partial charge in [-0.25, -0.2) is 13.8 Å². The van der Waals surface area contributed by atoms with E-state index in [1.165, 1.54) is 0 Å². The zero-order chi connectivity index (χ0) is 26.6. The molecule has 38 heavy (non-hydrogen) atoms.